The first kappa shape index (κ1) is 15.9. The van der Waals surface area contributed by atoms with Crippen LogP contribution in [0.1, 0.15) is 38.1 Å². The number of primary amides is 1. The Labute approximate surface area is 90.6 Å². The summed E-state index contributed by atoms with van der Waals surface area (Å²) in [7, 11) is 0. The molecule has 0 fully saturated rings. The third kappa shape index (κ3) is 6.51. The van der Waals surface area contributed by atoms with Crippen LogP contribution in [-0.2, 0) is 0 Å². The summed E-state index contributed by atoms with van der Waals surface area (Å²) in [6.45, 7) is 8.00. The zero-order chi connectivity index (χ0) is 12.3. The normalized spacial score (nSPS) is 7.53. The molecule has 0 saturated heterocycles. The van der Waals surface area contributed by atoms with Gasteiger partial charge in [-0.15, -0.1) is 0 Å². The average molecular weight is 213 g/mol. The van der Waals surface area contributed by atoms with Gasteiger partial charge in [-0.25, -0.2) is 5.26 Å². The van der Waals surface area contributed by atoms with Gasteiger partial charge in [-0.2, -0.15) is 0 Å². The molecule has 4 nitrogen and oxygen atoms in total. The molecule has 0 aliphatic carbocycles. The maximum atomic E-state index is 10.5. The largest absolute Gasteiger partial charge is 0.366 e. The summed E-state index contributed by atoms with van der Waals surface area (Å²) in [5, 5.41) is 8.15. The minimum atomic E-state index is -0.505. The molecule has 0 bridgehead atoms. The van der Waals surface area contributed by atoms with Gasteiger partial charge in [0.2, 0.25) is 5.91 Å². The summed E-state index contributed by atoms with van der Waals surface area (Å²) in [5.74, 6) is -0.232. The maximum absolute atomic E-state index is 10.5. The Morgan fingerprint density at radius 2 is 1.53 bits per heavy atom. The minimum Gasteiger partial charge on any atom is -0.366 e. The van der Waals surface area contributed by atoms with Crippen LogP contribution in [0.25, 0.3) is 0 Å². The number of rotatable bonds is 2. The summed E-state index contributed by atoms with van der Waals surface area (Å²) in [6, 6.07) is 5.82. The van der Waals surface area contributed by atoms with Crippen molar-refractivity contribution in [1.82, 2.24) is 0 Å². The number of carbonyl (C=O) groups excluding carboxylic acids is 1. The Bertz CT molecular complexity index is 257. The van der Waals surface area contributed by atoms with Crippen LogP contribution in [0, 0.1) is 0 Å². The SMILES string of the molecule is CC.CC.NC(=O)c1ccc(OO)cc1. The lowest BCUT2D eigenvalue weighted by Gasteiger charge is -1.96. The Kier molecular flexibility index (Phi) is 11.2. The second kappa shape index (κ2) is 10.5. The van der Waals surface area contributed by atoms with Crippen molar-refractivity contribution in [3.05, 3.63) is 29.8 Å². The highest BCUT2D eigenvalue weighted by Crippen LogP contribution is 2.10. The first-order valence-corrected chi connectivity index (χ1v) is 4.95. The summed E-state index contributed by atoms with van der Waals surface area (Å²) in [4.78, 5) is 14.4. The maximum Gasteiger partial charge on any atom is 0.248 e. The fraction of sp³-hybridized carbons (Fsp3) is 0.364. The van der Waals surface area contributed by atoms with E-state index in [0.717, 1.165) is 0 Å². The molecule has 0 spiro atoms. The lowest BCUT2D eigenvalue weighted by atomic mass is 10.2. The zero-order valence-electron chi connectivity index (χ0n) is 9.65. The van der Waals surface area contributed by atoms with E-state index in [-0.39, 0.29) is 5.75 Å². The molecule has 0 aromatic heterocycles. The highest BCUT2D eigenvalue weighted by Gasteiger charge is 1.98. The minimum absolute atomic E-state index is 0.273. The van der Waals surface area contributed by atoms with Crippen molar-refractivity contribution in [1.29, 1.82) is 0 Å². The van der Waals surface area contributed by atoms with Crippen LogP contribution in [-0.4, -0.2) is 11.2 Å². The molecule has 15 heavy (non-hydrogen) atoms. The quantitative estimate of drug-likeness (QED) is 0.586. The Morgan fingerprint density at radius 3 is 1.80 bits per heavy atom. The third-order valence-corrected chi connectivity index (χ3v) is 1.24. The van der Waals surface area contributed by atoms with Crippen LogP contribution in [0.3, 0.4) is 0 Å². The summed E-state index contributed by atoms with van der Waals surface area (Å²) >= 11 is 0. The van der Waals surface area contributed by atoms with Gasteiger partial charge in [0.1, 0.15) is 0 Å². The first-order valence-electron chi connectivity index (χ1n) is 4.95. The van der Waals surface area contributed by atoms with Crippen molar-refractivity contribution in [2.45, 2.75) is 27.7 Å². The second-order valence-electron chi connectivity index (χ2n) is 1.98. The van der Waals surface area contributed by atoms with Gasteiger partial charge in [-0.1, -0.05) is 27.7 Å². The molecule has 1 aromatic carbocycles. The Balaban J connectivity index is 0. The first-order chi connectivity index (χ1) is 7.24. The van der Waals surface area contributed by atoms with Gasteiger partial charge >= 0.3 is 0 Å². The molecule has 1 aromatic rings. The fourth-order valence-corrected chi connectivity index (χ4v) is 0.680. The molecule has 3 N–H and O–H groups in total. The van der Waals surface area contributed by atoms with Gasteiger partial charge in [0.15, 0.2) is 5.75 Å². The number of carbonyl (C=O) groups is 1. The van der Waals surface area contributed by atoms with Gasteiger partial charge < -0.3 is 10.6 Å². The Morgan fingerprint density at radius 1 is 1.13 bits per heavy atom. The van der Waals surface area contributed by atoms with Crippen molar-refractivity contribution in [2.75, 3.05) is 0 Å². The van der Waals surface area contributed by atoms with Crippen LogP contribution < -0.4 is 10.6 Å². The van der Waals surface area contributed by atoms with Gasteiger partial charge in [0, 0.05) is 5.56 Å². The highest BCUT2D eigenvalue weighted by molar-refractivity contribution is 5.92. The third-order valence-electron chi connectivity index (χ3n) is 1.24. The highest BCUT2D eigenvalue weighted by atomic mass is 17.1. The molecule has 0 unspecified atom stereocenters. The van der Waals surface area contributed by atoms with Crippen molar-refractivity contribution >= 4 is 5.91 Å². The lowest BCUT2D eigenvalue weighted by Crippen LogP contribution is -2.10. The van der Waals surface area contributed by atoms with Gasteiger partial charge in [-0.3, -0.25) is 4.79 Å². The Hall–Kier alpha value is -1.55. The molecular formula is C11H19NO3. The van der Waals surface area contributed by atoms with Crippen LogP contribution >= 0.6 is 0 Å². The lowest BCUT2D eigenvalue weighted by molar-refractivity contribution is -0.137. The fourth-order valence-electron chi connectivity index (χ4n) is 0.680. The van der Waals surface area contributed by atoms with E-state index in [4.69, 9.17) is 11.0 Å². The van der Waals surface area contributed by atoms with Crippen LogP contribution in [0.4, 0.5) is 0 Å². The molecule has 1 rings (SSSR count). The van der Waals surface area contributed by atoms with Crippen LogP contribution in [0.2, 0.25) is 0 Å². The van der Waals surface area contributed by atoms with Gasteiger partial charge in [0.05, 0.1) is 0 Å². The van der Waals surface area contributed by atoms with Crippen molar-refractivity contribution in [2.24, 2.45) is 5.73 Å². The molecule has 4 heteroatoms. The molecule has 0 aliphatic rings. The number of amides is 1. The predicted molar refractivity (Wildman–Crippen MR) is 60.9 cm³/mol. The topological polar surface area (TPSA) is 72.6 Å². The smallest absolute Gasteiger partial charge is 0.248 e. The second-order valence-corrected chi connectivity index (χ2v) is 1.98. The predicted octanol–water partition coefficient (Wildman–Crippen LogP) is 2.69. The van der Waals surface area contributed by atoms with Crippen LogP contribution in [0.5, 0.6) is 5.75 Å². The molecule has 1 amide bonds. The van der Waals surface area contributed by atoms with E-state index in [1.54, 1.807) is 0 Å². The summed E-state index contributed by atoms with van der Waals surface area (Å²) < 4.78 is 0. The number of nitrogens with two attached hydrogens (primary N) is 1. The van der Waals surface area contributed by atoms with Gasteiger partial charge in [0.25, 0.3) is 0 Å². The molecule has 0 atom stereocenters. The molecule has 0 aliphatic heterocycles. The van der Waals surface area contributed by atoms with E-state index < -0.39 is 5.91 Å². The van der Waals surface area contributed by atoms with E-state index in [2.05, 4.69) is 4.89 Å². The molecule has 86 valence electrons. The summed E-state index contributed by atoms with van der Waals surface area (Å²) in [5.41, 5.74) is 5.34. The number of hydrogen-bond acceptors (Lipinski definition) is 3. The molecule has 0 saturated carbocycles. The molecule has 0 heterocycles. The zero-order valence-corrected chi connectivity index (χ0v) is 9.65. The average Bonchev–Trinajstić information content (AvgIpc) is 2.34. The monoisotopic (exact) mass is 213 g/mol. The molecular weight excluding hydrogens is 194 g/mol. The van der Waals surface area contributed by atoms with Gasteiger partial charge in [-0.05, 0) is 24.3 Å². The summed E-state index contributed by atoms with van der Waals surface area (Å²) in [6.07, 6.45) is 0. The molecule has 0 radical (unpaired) electrons. The number of benzene rings is 1. The standard InChI is InChI=1S/C7H7NO3.2C2H6/c8-7(9)5-1-3-6(11-10)4-2-5;2*1-2/h1-4,10H,(H2,8,9);2*1-2H3. The van der Waals surface area contributed by atoms with Crippen molar-refractivity contribution in [3.63, 3.8) is 0 Å². The van der Waals surface area contributed by atoms with Crippen molar-refractivity contribution in [3.8, 4) is 5.75 Å². The van der Waals surface area contributed by atoms with E-state index in [0.29, 0.717) is 5.56 Å². The van der Waals surface area contributed by atoms with Crippen molar-refractivity contribution < 1.29 is 14.9 Å². The number of hydrogen-bond donors (Lipinski definition) is 2. The van der Waals surface area contributed by atoms with E-state index in [1.807, 2.05) is 27.7 Å². The van der Waals surface area contributed by atoms with E-state index in [9.17, 15) is 4.79 Å². The van der Waals surface area contributed by atoms with Crippen LogP contribution in [0.15, 0.2) is 24.3 Å². The van der Waals surface area contributed by atoms with E-state index >= 15 is 0 Å². The van der Waals surface area contributed by atoms with E-state index in [1.165, 1.54) is 24.3 Å².